The van der Waals surface area contributed by atoms with E-state index in [2.05, 4.69) is 4.98 Å². The number of benzene rings is 1. The molecule has 2 nitrogen and oxygen atoms in total. The Bertz CT molecular complexity index is 626. The highest BCUT2D eigenvalue weighted by Crippen LogP contribution is 2.27. The second kappa shape index (κ2) is 5.77. The van der Waals surface area contributed by atoms with Gasteiger partial charge in [-0.15, -0.1) is 11.3 Å². The SMILES string of the molecule is CC(C)(C)c1csc(CC(O)c2cc(F)c(F)c(F)c2)n1. The van der Waals surface area contributed by atoms with Crippen LogP contribution in [0.5, 0.6) is 0 Å². The molecule has 0 bridgehead atoms. The van der Waals surface area contributed by atoms with E-state index in [1.54, 1.807) is 0 Å². The molecule has 0 saturated carbocycles. The average Bonchev–Trinajstić information content (AvgIpc) is 2.83. The first-order valence-corrected chi connectivity index (χ1v) is 7.34. The lowest BCUT2D eigenvalue weighted by molar-refractivity contribution is 0.177. The molecule has 1 aromatic heterocycles. The molecule has 1 unspecified atom stereocenters. The number of halogens is 3. The van der Waals surface area contributed by atoms with E-state index in [1.807, 2.05) is 26.2 Å². The number of thiazole rings is 1. The van der Waals surface area contributed by atoms with Gasteiger partial charge in [0.1, 0.15) is 0 Å². The molecule has 0 saturated heterocycles. The number of hydrogen-bond acceptors (Lipinski definition) is 3. The van der Waals surface area contributed by atoms with Crippen molar-refractivity contribution in [3.05, 3.63) is 51.2 Å². The largest absolute Gasteiger partial charge is 0.388 e. The molecule has 1 atom stereocenters. The van der Waals surface area contributed by atoms with E-state index in [4.69, 9.17) is 0 Å². The summed E-state index contributed by atoms with van der Waals surface area (Å²) in [4.78, 5) is 4.41. The van der Waals surface area contributed by atoms with Gasteiger partial charge < -0.3 is 5.11 Å². The Hall–Kier alpha value is -1.40. The van der Waals surface area contributed by atoms with Gasteiger partial charge in [-0.3, -0.25) is 0 Å². The molecular formula is C15H16F3NOS. The summed E-state index contributed by atoms with van der Waals surface area (Å²) in [5, 5.41) is 12.6. The van der Waals surface area contributed by atoms with Crippen LogP contribution in [0, 0.1) is 17.5 Å². The van der Waals surface area contributed by atoms with Crippen LogP contribution in [0.1, 0.15) is 43.1 Å². The van der Waals surface area contributed by atoms with E-state index >= 15 is 0 Å². The van der Waals surface area contributed by atoms with Gasteiger partial charge in [-0.25, -0.2) is 18.2 Å². The summed E-state index contributed by atoms with van der Waals surface area (Å²) in [5.41, 5.74) is 0.790. The van der Waals surface area contributed by atoms with Gasteiger partial charge in [-0.1, -0.05) is 20.8 Å². The van der Waals surface area contributed by atoms with Gasteiger partial charge in [0.25, 0.3) is 0 Å². The topological polar surface area (TPSA) is 33.1 Å². The Morgan fingerprint density at radius 1 is 1.19 bits per heavy atom. The van der Waals surface area contributed by atoms with Crippen LogP contribution in [0.25, 0.3) is 0 Å². The van der Waals surface area contributed by atoms with Gasteiger partial charge in [0.2, 0.25) is 0 Å². The van der Waals surface area contributed by atoms with Gasteiger partial charge in [0.15, 0.2) is 17.5 Å². The van der Waals surface area contributed by atoms with E-state index in [0.29, 0.717) is 5.01 Å². The van der Waals surface area contributed by atoms with Crippen LogP contribution in [0.3, 0.4) is 0 Å². The molecule has 0 aliphatic heterocycles. The van der Waals surface area contributed by atoms with Crippen LogP contribution in [0.4, 0.5) is 13.2 Å². The first kappa shape index (κ1) is 16.0. The highest BCUT2D eigenvalue weighted by Gasteiger charge is 2.20. The number of hydrogen-bond donors (Lipinski definition) is 1. The standard InChI is InChI=1S/C15H16F3NOS/c1-15(2,3)12-7-21-13(19-12)6-11(20)8-4-9(16)14(18)10(17)5-8/h4-5,7,11,20H,6H2,1-3H3. The second-order valence-electron chi connectivity index (χ2n) is 5.89. The summed E-state index contributed by atoms with van der Waals surface area (Å²) in [6.45, 7) is 6.06. The minimum absolute atomic E-state index is 0.00101. The maximum absolute atomic E-state index is 13.2. The number of nitrogens with zero attached hydrogens (tertiary/aromatic N) is 1. The molecule has 2 aromatic rings. The van der Waals surface area contributed by atoms with Crippen LogP contribution in [-0.4, -0.2) is 10.1 Å². The summed E-state index contributed by atoms with van der Waals surface area (Å²) in [6, 6.07) is 1.61. The van der Waals surface area contributed by atoms with Crippen molar-refractivity contribution in [3.8, 4) is 0 Å². The monoisotopic (exact) mass is 315 g/mol. The fourth-order valence-electron chi connectivity index (χ4n) is 1.80. The van der Waals surface area contributed by atoms with Crippen LogP contribution < -0.4 is 0 Å². The molecule has 0 amide bonds. The Balaban J connectivity index is 2.18. The number of aliphatic hydroxyl groups is 1. The van der Waals surface area contributed by atoms with Crippen molar-refractivity contribution in [2.45, 2.75) is 38.7 Å². The Morgan fingerprint density at radius 2 is 1.76 bits per heavy atom. The van der Waals surface area contributed by atoms with Gasteiger partial charge in [0.05, 0.1) is 16.8 Å². The third kappa shape index (κ3) is 3.63. The van der Waals surface area contributed by atoms with E-state index < -0.39 is 23.6 Å². The quantitative estimate of drug-likeness (QED) is 0.864. The third-order valence-electron chi connectivity index (χ3n) is 3.08. The molecule has 2 rings (SSSR count). The Kier molecular flexibility index (Phi) is 4.39. The zero-order valence-corrected chi connectivity index (χ0v) is 12.8. The van der Waals surface area contributed by atoms with E-state index in [-0.39, 0.29) is 17.4 Å². The highest BCUT2D eigenvalue weighted by molar-refractivity contribution is 7.09. The lowest BCUT2D eigenvalue weighted by Crippen LogP contribution is -2.12. The zero-order chi connectivity index (χ0) is 15.8. The molecule has 0 spiro atoms. The molecule has 21 heavy (non-hydrogen) atoms. The third-order valence-corrected chi connectivity index (χ3v) is 3.95. The van der Waals surface area contributed by atoms with Crippen LogP contribution in [0.2, 0.25) is 0 Å². The minimum Gasteiger partial charge on any atom is -0.388 e. The van der Waals surface area contributed by atoms with E-state index in [9.17, 15) is 18.3 Å². The molecule has 114 valence electrons. The van der Waals surface area contributed by atoms with Gasteiger partial charge in [-0.2, -0.15) is 0 Å². The summed E-state index contributed by atoms with van der Waals surface area (Å²) in [7, 11) is 0. The lowest BCUT2D eigenvalue weighted by Gasteiger charge is -2.14. The van der Waals surface area contributed by atoms with Crippen molar-refractivity contribution in [2.24, 2.45) is 0 Å². The Morgan fingerprint density at radius 3 is 2.24 bits per heavy atom. The van der Waals surface area contributed by atoms with Crippen molar-refractivity contribution < 1.29 is 18.3 Å². The van der Waals surface area contributed by atoms with Crippen LogP contribution in [-0.2, 0) is 11.8 Å². The maximum Gasteiger partial charge on any atom is 0.194 e. The van der Waals surface area contributed by atoms with Gasteiger partial charge >= 0.3 is 0 Å². The predicted molar refractivity (Wildman–Crippen MR) is 75.8 cm³/mol. The molecule has 1 heterocycles. The fraction of sp³-hybridized carbons (Fsp3) is 0.400. The summed E-state index contributed by atoms with van der Waals surface area (Å²) in [6.07, 6.45) is -1.00. The van der Waals surface area contributed by atoms with Crippen molar-refractivity contribution in [1.29, 1.82) is 0 Å². The van der Waals surface area contributed by atoms with E-state index in [0.717, 1.165) is 17.8 Å². The molecule has 0 fully saturated rings. The van der Waals surface area contributed by atoms with Crippen molar-refractivity contribution in [3.63, 3.8) is 0 Å². The first-order chi connectivity index (χ1) is 9.68. The number of aliphatic hydroxyl groups excluding tert-OH is 1. The molecule has 0 aliphatic rings. The highest BCUT2D eigenvalue weighted by atomic mass is 32.1. The summed E-state index contributed by atoms with van der Waals surface area (Å²) >= 11 is 1.38. The predicted octanol–water partition coefficient (Wildman–Crippen LogP) is 4.13. The fourth-order valence-corrected chi connectivity index (χ4v) is 2.86. The molecule has 1 aromatic carbocycles. The van der Waals surface area contributed by atoms with Crippen LogP contribution in [0.15, 0.2) is 17.5 Å². The molecule has 0 radical (unpaired) electrons. The normalized spacial score (nSPS) is 13.5. The Labute approximate surface area is 125 Å². The van der Waals surface area contributed by atoms with Crippen molar-refractivity contribution >= 4 is 11.3 Å². The smallest absolute Gasteiger partial charge is 0.194 e. The number of rotatable bonds is 3. The molecule has 1 N–H and O–H groups in total. The second-order valence-corrected chi connectivity index (χ2v) is 6.84. The lowest BCUT2D eigenvalue weighted by atomic mass is 9.93. The van der Waals surface area contributed by atoms with Crippen molar-refractivity contribution in [2.75, 3.05) is 0 Å². The van der Waals surface area contributed by atoms with Gasteiger partial charge in [-0.05, 0) is 17.7 Å². The molecule has 6 heteroatoms. The maximum atomic E-state index is 13.2. The average molecular weight is 315 g/mol. The molecular weight excluding hydrogens is 299 g/mol. The van der Waals surface area contributed by atoms with Crippen LogP contribution >= 0.6 is 11.3 Å². The minimum atomic E-state index is -1.53. The number of aromatic nitrogens is 1. The summed E-state index contributed by atoms with van der Waals surface area (Å²) in [5.74, 6) is -4.15. The molecule has 0 aliphatic carbocycles. The first-order valence-electron chi connectivity index (χ1n) is 6.46. The van der Waals surface area contributed by atoms with Crippen molar-refractivity contribution in [1.82, 2.24) is 4.98 Å². The van der Waals surface area contributed by atoms with Gasteiger partial charge in [0, 0.05) is 17.2 Å². The zero-order valence-electron chi connectivity index (χ0n) is 12.0. The van der Waals surface area contributed by atoms with E-state index in [1.165, 1.54) is 11.3 Å². The summed E-state index contributed by atoms with van der Waals surface area (Å²) < 4.78 is 39.2.